The van der Waals surface area contributed by atoms with E-state index in [2.05, 4.69) is 22.6 Å². The Bertz CT molecular complexity index is 1800. The number of piperidine rings is 1. The van der Waals surface area contributed by atoms with Crippen molar-refractivity contribution in [3.8, 4) is 0 Å². The molecule has 1 N–H and O–H groups in total. The van der Waals surface area contributed by atoms with Crippen LogP contribution in [0.25, 0.3) is 0 Å². The second-order valence-electron chi connectivity index (χ2n) is 15.1. The van der Waals surface area contributed by atoms with Crippen molar-refractivity contribution in [3.05, 3.63) is 107 Å². The molecular formula is C40H47F4N4O3PS. The maximum Gasteiger partial charge on any atom is 0.281 e. The first-order chi connectivity index (χ1) is 25.3. The number of likely N-dealkylation sites (tertiary alicyclic amines) is 1. The fourth-order valence-electron chi connectivity index (χ4n) is 8.02. The normalized spacial score (nSPS) is 30.8. The Morgan fingerprint density at radius 3 is 2.62 bits per heavy atom. The number of hydrogen-bond donors (Lipinski definition) is 1. The Morgan fingerprint density at radius 1 is 1.21 bits per heavy atom. The number of nitrogens with one attached hydrogen (secondary N) is 1. The number of carbonyl (C=O) groups is 1. The SMILES string of the molecule is C=C1C(C2=NOC(C(=CCOCC3C=CC=CC3F)C3CC3)(c3ccccc3F)C2)=CSC1C1CCN(C(=O)CN2NC(C)(C(F)(F)P)C=C2C)CC1. The molecule has 1 aromatic carbocycles. The third kappa shape index (κ3) is 7.71. The number of alkyl halides is 3. The second kappa shape index (κ2) is 15.2. The molecule has 6 aliphatic rings. The van der Waals surface area contributed by atoms with Crippen LogP contribution in [0.4, 0.5) is 17.6 Å². The zero-order valence-corrected chi connectivity index (χ0v) is 32.1. The highest BCUT2D eigenvalue weighted by Gasteiger charge is 2.52. The van der Waals surface area contributed by atoms with Gasteiger partial charge in [0, 0.05) is 47.5 Å². The van der Waals surface area contributed by atoms with Gasteiger partial charge in [0.05, 0.1) is 18.9 Å². The van der Waals surface area contributed by atoms with Gasteiger partial charge in [-0.05, 0) is 80.1 Å². The van der Waals surface area contributed by atoms with E-state index in [0.29, 0.717) is 30.8 Å². The van der Waals surface area contributed by atoms with Crippen LogP contribution in [0.3, 0.4) is 0 Å². The topological polar surface area (TPSA) is 66.4 Å². The number of ether oxygens (including phenoxy) is 1. The lowest BCUT2D eigenvalue weighted by Crippen LogP contribution is -2.55. The first-order valence-corrected chi connectivity index (χ1v) is 19.8. The second-order valence-corrected chi connectivity index (χ2v) is 16.8. The van der Waals surface area contributed by atoms with E-state index in [9.17, 15) is 18.0 Å². The molecule has 0 spiro atoms. The monoisotopic (exact) mass is 770 g/mol. The molecule has 53 heavy (non-hydrogen) atoms. The Labute approximate surface area is 315 Å². The van der Waals surface area contributed by atoms with Gasteiger partial charge in [-0.15, -0.1) is 11.8 Å². The number of rotatable bonds is 12. The van der Waals surface area contributed by atoms with E-state index < -0.39 is 23.0 Å². The van der Waals surface area contributed by atoms with Crippen molar-refractivity contribution < 1.29 is 31.9 Å². The number of allylic oxidation sites excluding steroid dienone is 5. The molecule has 0 aromatic heterocycles. The van der Waals surface area contributed by atoms with Crippen LogP contribution in [-0.2, 0) is 20.0 Å². The summed E-state index contributed by atoms with van der Waals surface area (Å²) in [6, 6.07) is 6.68. The van der Waals surface area contributed by atoms with Gasteiger partial charge in [-0.2, -0.15) is 8.78 Å². The predicted molar refractivity (Wildman–Crippen MR) is 204 cm³/mol. The van der Waals surface area contributed by atoms with E-state index in [4.69, 9.17) is 9.57 Å². The molecule has 0 bridgehead atoms. The minimum absolute atomic E-state index is 0.0273. The first-order valence-electron chi connectivity index (χ1n) is 18.3. The highest BCUT2D eigenvalue weighted by molar-refractivity contribution is 8.03. The maximum atomic E-state index is 15.6. The van der Waals surface area contributed by atoms with Crippen molar-refractivity contribution in [1.82, 2.24) is 15.3 Å². The zero-order valence-electron chi connectivity index (χ0n) is 30.1. The molecule has 4 heterocycles. The van der Waals surface area contributed by atoms with Crippen molar-refractivity contribution in [2.45, 2.75) is 74.2 Å². The lowest BCUT2D eigenvalue weighted by molar-refractivity contribution is -0.134. The van der Waals surface area contributed by atoms with Gasteiger partial charge in [-0.1, -0.05) is 69.6 Å². The van der Waals surface area contributed by atoms with Crippen molar-refractivity contribution in [3.63, 3.8) is 0 Å². The standard InChI is InChI=1S/C40H47F4N4O3PS/c1-25-20-38(3,40(43,44)52)46-48(25)22-36(49)47-17-14-28(15-18-47)37-26(2)30(24-53-37)35-21-39(51-45-35,32-9-5-7-11-34(32)42)31(27-12-13-27)16-19-50-23-29-8-4-6-10-33(29)41/h4-11,16,20,24,27-29,33,37,46H,2,12-15,17-19,21-23,52H2,1,3H3. The number of amides is 1. The van der Waals surface area contributed by atoms with E-state index in [1.165, 1.54) is 30.2 Å². The van der Waals surface area contributed by atoms with Crippen molar-refractivity contribution in [1.29, 1.82) is 0 Å². The molecule has 2 fully saturated rings. The number of carbonyl (C=O) groups excluding carboxylic acids is 1. The average Bonchev–Trinajstić information content (AvgIpc) is 3.63. The summed E-state index contributed by atoms with van der Waals surface area (Å²) in [5.41, 5.74) is 1.53. The van der Waals surface area contributed by atoms with Gasteiger partial charge >= 0.3 is 0 Å². The molecular weight excluding hydrogens is 723 g/mol. The van der Waals surface area contributed by atoms with Crippen LogP contribution in [-0.4, -0.2) is 77.0 Å². The largest absolute Gasteiger partial charge is 0.379 e. The summed E-state index contributed by atoms with van der Waals surface area (Å²) in [6.45, 7) is 9.21. The number of oxime groups is 1. The summed E-state index contributed by atoms with van der Waals surface area (Å²) in [4.78, 5) is 21.4. The fraction of sp³-hybridized carbons (Fsp3) is 0.500. The molecule has 1 aromatic rings. The van der Waals surface area contributed by atoms with Gasteiger partial charge in [0.2, 0.25) is 5.91 Å². The Balaban J connectivity index is 0.985. The van der Waals surface area contributed by atoms with Crippen LogP contribution in [0.1, 0.15) is 51.5 Å². The molecule has 13 heteroatoms. The average molecular weight is 771 g/mol. The molecule has 1 saturated heterocycles. The number of hydrogen-bond acceptors (Lipinski definition) is 7. The fourth-order valence-corrected chi connectivity index (χ4v) is 9.53. The third-order valence-corrected chi connectivity index (χ3v) is 13.3. The van der Waals surface area contributed by atoms with Gasteiger partial charge in [0.15, 0.2) is 5.60 Å². The summed E-state index contributed by atoms with van der Waals surface area (Å²) in [7, 11) is 1.58. The van der Waals surface area contributed by atoms with Crippen LogP contribution in [0.5, 0.6) is 0 Å². The molecule has 7 nitrogen and oxygen atoms in total. The minimum atomic E-state index is -3.08. The molecule has 284 valence electrons. The summed E-state index contributed by atoms with van der Waals surface area (Å²) >= 11 is 1.70. The van der Waals surface area contributed by atoms with E-state index in [1.807, 2.05) is 29.2 Å². The van der Waals surface area contributed by atoms with Gasteiger partial charge in [0.1, 0.15) is 24.1 Å². The van der Waals surface area contributed by atoms with E-state index >= 15 is 4.39 Å². The van der Waals surface area contributed by atoms with Gasteiger partial charge < -0.3 is 19.5 Å². The number of benzene rings is 1. The van der Waals surface area contributed by atoms with Crippen molar-refractivity contribution in [2.24, 2.45) is 22.9 Å². The van der Waals surface area contributed by atoms with Gasteiger partial charge in [0.25, 0.3) is 5.66 Å². The van der Waals surface area contributed by atoms with E-state index in [1.54, 1.807) is 46.1 Å². The Hall–Kier alpha value is -3.18. The molecule has 1 amide bonds. The zero-order chi connectivity index (χ0) is 37.5. The van der Waals surface area contributed by atoms with Crippen LogP contribution in [0.2, 0.25) is 0 Å². The smallest absolute Gasteiger partial charge is 0.281 e. The Morgan fingerprint density at radius 2 is 1.94 bits per heavy atom. The number of halogens is 4. The van der Waals surface area contributed by atoms with Crippen LogP contribution < -0.4 is 5.43 Å². The highest BCUT2D eigenvalue weighted by Crippen LogP contribution is 2.54. The first kappa shape index (κ1) is 38.1. The lowest BCUT2D eigenvalue weighted by atomic mass is 9.77. The van der Waals surface area contributed by atoms with Gasteiger partial charge in [-0.25, -0.2) is 14.2 Å². The van der Waals surface area contributed by atoms with E-state index in [-0.39, 0.29) is 54.5 Å². The molecule has 1 saturated carbocycles. The molecule has 7 rings (SSSR count). The highest BCUT2D eigenvalue weighted by atomic mass is 32.2. The number of thioether (sulfide) groups is 1. The molecule has 2 aliphatic carbocycles. The van der Waals surface area contributed by atoms with Crippen molar-refractivity contribution in [2.75, 3.05) is 32.8 Å². The molecule has 0 radical (unpaired) electrons. The van der Waals surface area contributed by atoms with Gasteiger partial charge in [-0.3, -0.25) is 4.79 Å². The predicted octanol–water partition coefficient (Wildman–Crippen LogP) is 7.98. The molecule has 4 aliphatic heterocycles. The molecule has 6 atom stereocenters. The van der Waals surface area contributed by atoms with Crippen LogP contribution >= 0.6 is 21.0 Å². The summed E-state index contributed by atoms with van der Waals surface area (Å²) in [5.74, 6) is -0.358. The number of nitrogens with zero attached hydrogens (tertiary/aromatic N) is 3. The molecule has 6 unspecified atom stereocenters. The summed E-state index contributed by atoms with van der Waals surface area (Å²) in [6.07, 6.45) is 13.0. The van der Waals surface area contributed by atoms with Crippen molar-refractivity contribution >= 4 is 32.6 Å². The quantitative estimate of drug-likeness (QED) is 0.101. The maximum absolute atomic E-state index is 15.6. The van der Waals surface area contributed by atoms with Crippen LogP contribution in [0.15, 0.2) is 100 Å². The number of hydrazine groups is 1. The third-order valence-electron chi connectivity index (χ3n) is 11.4. The van der Waals surface area contributed by atoms with E-state index in [0.717, 1.165) is 48.1 Å². The lowest BCUT2D eigenvalue weighted by Gasteiger charge is -2.37. The summed E-state index contributed by atoms with van der Waals surface area (Å²) < 4.78 is 64.3. The summed E-state index contributed by atoms with van der Waals surface area (Å²) in [5, 5.41) is 8.31. The van der Waals surface area contributed by atoms with Crippen LogP contribution in [0, 0.1) is 23.6 Å². The Kier molecular flexibility index (Phi) is 10.9. The minimum Gasteiger partial charge on any atom is -0.379 e.